The summed E-state index contributed by atoms with van der Waals surface area (Å²) in [4.78, 5) is 31.2. The van der Waals surface area contributed by atoms with Crippen LogP contribution >= 0.6 is 0 Å². The number of Topliss-reactive ketones (excluding diaryl/α,β-unsaturated/α-hetero) is 1. The molecule has 0 saturated carbocycles. The fraction of sp³-hybridized carbons (Fsp3) is 0.360. The van der Waals surface area contributed by atoms with Crippen LogP contribution in [-0.4, -0.2) is 54.0 Å². The van der Waals surface area contributed by atoms with Gasteiger partial charge in [-0.15, -0.1) is 0 Å². The van der Waals surface area contributed by atoms with E-state index >= 15 is 0 Å². The quantitative estimate of drug-likeness (QED) is 0.477. The predicted octanol–water partition coefficient (Wildman–Crippen LogP) is 4.12. The first-order valence-corrected chi connectivity index (χ1v) is 11.0. The van der Waals surface area contributed by atoms with Crippen molar-refractivity contribution in [2.24, 2.45) is 0 Å². The summed E-state index contributed by atoms with van der Waals surface area (Å²) in [6.45, 7) is 1.22. The summed E-state index contributed by atoms with van der Waals surface area (Å²) in [6, 6.07) is 14.5. The second-order valence-corrected chi connectivity index (χ2v) is 7.97. The van der Waals surface area contributed by atoms with Gasteiger partial charge in [0.15, 0.2) is 17.3 Å². The van der Waals surface area contributed by atoms with Gasteiger partial charge in [0.05, 0.1) is 14.2 Å². The number of piperidine rings is 1. The molecule has 1 amide bonds. The van der Waals surface area contributed by atoms with Crippen LogP contribution in [0, 0.1) is 0 Å². The second-order valence-electron chi connectivity index (χ2n) is 7.97. The van der Waals surface area contributed by atoms with E-state index in [4.69, 9.17) is 14.0 Å². The largest absolute Gasteiger partial charge is 0.493 e. The molecule has 8 heteroatoms. The molecule has 1 saturated heterocycles. The Morgan fingerprint density at radius 3 is 2.42 bits per heavy atom. The molecule has 0 aliphatic carbocycles. The van der Waals surface area contributed by atoms with Crippen molar-refractivity contribution in [1.29, 1.82) is 0 Å². The average Bonchev–Trinajstić information content (AvgIpc) is 3.37. The van der Waals surface area contributed by atoms with Gasteiger partial charge in [0.25, 0.3) is 0 Å². The number of likely N-dealkylation sites (tertiary alicyclic amines) is 1. The Bertz CT molecular complexity index is 1100. The molecule has 4 rings (SSSR count). The van der Waals surface area contributed by atoms with Gasteiger partial charge in [0, 0.05) is 43.0 Å². The van der Waals surface area contributed by atoms with Gasteiger partial charge in [0.2, 0.25) is 17.6 Å². The highest BCUT2D eigenvalue weighted by Crippen LogP contribution is 2.33. The molecule has 2 heterocycles. The minimum atomic E-state index is -0.00705. The smallest absolute Gasteiger partial charge is 0.230 e. The molecule has 2 aromatic carbocycles. The minimum absolute atomic E-state index is 0.00705. The Balaban J connectivity index is 1.31. The summed E-state index contributed by atoms with van der Waals surface area (Å²) in [5.41, 5.74) is 1.42. The number of ketones is 1. The van der Waals surface area contributed by atoms with E-state index in [1.165, 1.54) is 0 Å². The average molecular weight is 450 g/mol. The lowest BCUT2D eigenvalue weighted by molar-refractivity contribution is -0.132. The zero-order valence-corrected chi connectivity index (χ0v) is 18.8. The summed E-state index contributed by atoms with van der Waals surface area (Å²) in [5.74, 6) is 2.39. The summed E-state index contributed by atoms with van der Waals surface area (Å²) >= 11 is 0. The molecule has 1 aromatic heterocycles. The van der Waals surface area contributed by atoms with Crippen molar-refractivity contribution >= 4 is 11.7 Å². The lowest BCUT2D eigenvalue weighted by Gasteiger charge is -2.30. The molecular weight excluding hydrogens is 422 g/mol. The van der Waals surface area contributed by atoms with E-state index in [1.54, 1.807) is 32.4 Å². The molecule has 0 N–H and O–H groups in total. The van der Waals surface area contributed by atoms with Crippen LogP contribution in [0.4, 0.5) is 0 Å². The van der Waals surface area contributed by atoms with Crippen molar-refractivity contribution < 1.29 is 23.6 Å². The number of amides is 1. The van der Waals surface area contributed by atoms with E-state index in [0.29, 0.717) is 41.9 Å². The molecule has 1 aliphatic heterocycles. The number of aromatic nitrogens is 2. The van der Waals surface area contributed by atoms with Crippen LogP contribution in [0.25, 0.3) is 11.4 Å². The molecule has 0 spiro atoms. The molecule has 3 aromatic rings. The summed E-state index contributed by atoms with van der Waals surface area (Å²) in [6.07, 6.45) is 1.93. The zero-order valence-electron chi connectivity index (χ0n) is 18.8. The zero-order chi connectivity index (χ0) is 23.2. The summed E-state index contributed by atoms with van der Waals surface area (Å²) < 4.78 is 16.1. The standard InChI is InChI=1S/C25H27N3O5/c1-31-21-10-8-19(16-22(21)32-2)24-26-25(33-27-24)18-12-14-28(15-13-18)23(30)11-9-20(29)17-6-4-3-5-7-17/h3-8,10,16,18H,9,11-15H2,1-2H3. The molecular formula is C25H27N3O5. The van der Waals surface area contributed by atoms with Gasteiger partial charge in [-0.1, -0.05) is 35.5 Å². The van der Waals surface area contributed by atoms with E-state index in [0.717, 1.165) is 18.4 Å². The number of hydrogen-bond acceptors (Lipinski definition) is 7. The number of benzene rings is 2. The maximum atomic E-state index is 12.6. The first-order valence-electron chi connectivity index (χ1n) is 11.0. The van der Waals surface area contributed by atoms with Crippen molar-refractivity contribution in [1.82, 2.24) is 15.0 Å². The highest BCUT2D eigenvalue weighted by Gasteiger charge is 2.28. The maximum absolute atomic E-state index is 12.6. The Morgan fingerprint density at radius 1 is 1.00 bits per heavy atom. The maximum Gasteiger partial charge on any atom is 0.230 e. The number of ether oxygens (including phenoxy) is 2. The molecule has 172 valence electrons. The monoisotopic (exact) mass is 449 g/mol. The molecule has 8 nitrogen and oxygen atoms in total. The summed E-state index contributed by atoms with van der Waals surface area (Å²) in [5, 5.41) is 4.12. The third-order valence-electron chi connectivity index (χ3n) is 5.94. The number of nitrogens with zero attached hydrogens (tertiary/aromatic N) is 3. The lowest BCUT2D eigenvalue weighted by atomic mass is 9.96. The molecule has 33 heavy (non-hydrogen) atoms. The number of hydrogen-bond donors (Lipinski definition) is 0. The van der Waals surface area contributed by atoms with Crippen LogP contribution in [0.3, 0.4) is 0 Å². The third kappa shape index (κ3) is 5.22. The minimum Gasteiger partial charge on any atom is -0.493 e. The van der Waals surface area contributed by atoms with Crippen molar-refractivity contribution in [2.75, 3.05) is 27.3 Å². The van der Waals surface area contributed by atoms with Gasteiger partial charge >= 0.3 is 0 Å². The molecule has 1 fully saturated rings. The van der Waals surface area contributed by atoms with Gasteiger partial charge < -0.3 is 18.9 Å². The van der Waals surface area contributed by atoms with Crippen molar-refractivity contribution in [3.8, 4) is 22.9 Å². The number of rotatable bonds is 8. The van der Waals surface area contributed by atoms with Gasteiger partial charge in [-0.05, 0) is 31.0 Å². The number of carbonyl (C=O) groups excluding carboxylic acids is 2. The Hall–Kier alpha value is -3.68. The van der Waals surface area contributed by atoms with Crippen LogP contribution in [0.1, 0.15) is 47.8 Å². The van der Waals surface area contributed by atoms with Crippen molar-refractivity contribution in [3.05, 3.63) is 60.0 Å². The van der Waals surface area contributed by atoms with E-state index in [1.807, 2.05) is 35.2 Å². The first kappa shape index (κ1) is 22.5. The normalized spacial score (nSPS) is 14.2. The van der Waals surface area contributed by atoms with Crippen LogP contribution in [0.2, 0.25) is 0 Å². The molecule has 0 unspecified atom stereocenters. The van der Waals surface area contributed by atoms with Crippen molar-refractivity contribution in [2.45, 2.75) is 31.6 Å². The Morgan fingerprint density at radius 2 is 1.73 bits per heavy atom. The van der Waals surface area contributed by atoms with Gasteiger partial charge in [-0.2, -0.15) is 4.98 Å². The fourth-order valence-corrected chi connectivity index (χ4v) is 4.02. The highest BCUT2D eigenvalue weighted by atomic mass is 16.5. The van der Waals surface area contributed by atoms with Crippen LogP contribution in [0.15, 0.2) is 53.1 Å². The molecule has 0 radical (unpaired) electrons. The van der Waals surface area contributed by atoms with Gasteiger partial charge in [0.1, 0.15) is 0 Å². The van der Waals surface area contributed by atoms with E-state index in [-0.39, 0.29) is 30.4 Å². The van der Waals surface area contributed by atoms with Crippen molar-refractivity contribution in [3.63, 3.8) is 0 Å². The molecule has 1 aliphatic rings. The molecule has 0 atom stereocenters. The van der Waals surface area contributed by atoms with Crippen LogP contribution < -0.4 is 9.47 Å². The highest BCUT2D eigenvalue weighted by molar-refractivity contribution is 5.97. The second kappa shape index (κ2) is 10.3. The van der Waals surface area contributed by atoms with Gasteiger partial charge in [-0.25, -0.2) is 0 Å². The van der Waals surface area contributed by atoms with E-state index in [9.17, 15) is 9.59 Å². The topological polar surface area (TPSA) is 94.8 Å². The Labute approximate surface area is 192 Å². The molecule has 0 bridgehead atoms. The SMILES string of the molecule is COc1ccc(-c2noc(C3CCN(C(=O)CCC(=O)c4ccccc4)CC3)n2)cc1OC. The van der Waals surface area contributed by atoms with E-state index in [2.05, 4.69) is 10.1 Å². The Kier molecular flexibility index (Phi) is 7.02. The van der Waals surface area contributed by atoms with Crippen LogP contribution in [0.5, 0.6) is 11.5 Å². The third-order valence-corrected chi connectivity index (χ3v) is 5.94. The lowest BCUT2D eigenvalue weighted by Crippen LogP contribution is -2.38. The number of methoxy groups -OCH3 is 2. The van der Waals surface area contributed by atoms with E-state index < -0.39 is 0 Å². The van der Waals surface area contributed by atoms with Gasteiger partial charge in [-0.3, -0.25) is 9.59 Å². The fourth-order valence-electron chi connectivity index (χ4n) is 4.02. The number of carbonyl (C=O) groups is 2. The first-order chi connectivity index (χ1) is 16.1. The van der Waals surface area contributed by atoms with Crippen LogP contribution in [-0.2, 0) is 4.79 Å². The predicted molar refractivity (Wildman–Crippen MR) is 121 cm³/mol. The summed E-state index contributed by atoms with van der Waals surface area (Å²) in [7, 11) is 3.16.